The molecule has 100 valence electrons. The number of nitrogens with one attached hydrogen (secondary N) is 1. The quantitative estimate of drug-likeness (QED) is 0.815. The van der Waals surface area contributed by atoms with E-state index in [1.807, 2.05) is 0 Å². The van der Waals surface area contributed by atoms with Gasteiger partial charge in [0.05, 0.1) is 5.54 Å². The van der Waals surface area contributed by atoms with Crippen molar-refractivity contribution >= 4 is 45.0 Å². The molecule has 0 heterocycles. The monoisotopic (exact) mass is 359 g/mol. The summed E-state index contributed by atoms with van der Waals surface area (Å²) in [7, 11) is 0. The fourth-order valence-electron chi connectivity index (χ4n) is 1.20. The van der Waals surface area contributed by atoms with Crippen molar-refractivity contribution in [3.8, 4) is 0 Å². The maximum absolute atomic E-state index is 13.5. The predicted octanol–water partition coefficient (Wildman–Crippen LogP) is 3.69. The molecule has 0 atom stereocenters. The summed E-state index contributed by atoms with van der Waals surface area (Å²) >= 11 is 14.2. The van der Waals surface area contributed by atoms with Gasteiger partial charge in [-0.05, 0) is 19.1 Å². The minimum atomic E-state index is -0.953. The molecule has 1 N–H and O–H groups in total. The lowest BCUT2D eigenvalue weighted by atomic mass is 10.1. The molecule has 0 aliphatic rings. The number of halogens is 5. The van der Waals surface area contributed by atoms with Gasteiger partial charge in [0.1, 0.15) is 17.2 Å². The number of rotatable bonds is 4. The Morgan fingerprint density at radius 1 is 1.33 bits per heavy atom. The van der Waals surface area contributed by atoms with Crippen molar-refractivity contribution in [3.05, 3.63) is 33.8 Å². The lowest BCUT2D eigenvalue weighted by Gasteiger charge is -2.26. The molecule has 1 aromatic carbocycles. The zero-order chi connectivity index (χ0) is 13.9. The van der Waals surface area contributed by atoms with E-state index in [0.29, 0.717) is 0 Å². The van der Waals surface area contributed by atoms with Gasteiger partial charge in [0, 0.05) is 16.2 Å². The number of alkyl halides is 2. The van der Waals surface area contributed by atoms with Crippen LogP contribution in [0.5, 0.6) is 0 Å². The molecule has 0 unspecified atom stereocenters. The van der Waals surface area contributed by atoms with Gasteiger partial charge in [0.2, 0.25) is 0 Å². The average molecular weight is 361 g/mol. The number of carbonyl (C=O) groups excluding carboxylic acids is 1. The van der Waals surface area contributed by atoms with E-state index in [2.05, 4.69) is 21.2 Å². The Kier molecular flexibility index (Phi) is 5.37. The number of carbonyl (C=O) groups is 1. The van der Waals surface area contributed by atoms with Gasteiger partial charge in [0.25, 0.3) is 5.91 Å². The maximum atomic E-state index is 13.5. The zero-order valence-electron chi connectivity index (χ0n) is 9.37. The molecule has 0 aliphatic carbocycles. The number of hydrogen-bond acceptors (Lipinski definition) is 1. The van der Waals surface area contributed by atoms with E-state index in [9.17, 15) is 13.6 Å². The SMILES string of the molecule is CC(CCl)(CCl)NC(=O)c1c(F)cc(Br)cc1F. The predicted molar refractivity (Wildman–Crippen MR) is 71.4 cm³/mol. The summed E-state index contributed by atoms with van der Waals surface area (Å²) in [6.07, 6.45) is 0. The molecule has 0 bridgehead atoms. The minimum Gasteiger partial charge on any atom is -0.344 e. The van der Waals surface area contributed by atoms with Gasteiger partial charge < -0.3 is 5.32 Å². The van der Waals surface area contributed by atoms with E-state index in [0.717, 1.165) is 12.1 Å². The van der Waals surface area contributed by atoms with Gasteiger partial charge in [0.15, 0.2) is 0 Å². The van der Waals surface area contributed by atoms with Crippen LogP contribution < -0.4 is 5.32 Å². The summed E-state index contributed by atoms with van der Waals surface area (Å²) in [6, 6.07) is 2.02. The average Bonchev–Trinajstić information content (AvgIpc) is 2.27. The molecular formula is C11H10BrCl2F2NO. The first-order valence-electron chi connectivity index (χ1n) is 4.92. The van der Waals surface area contributed by atoms with Crippen LogP contribution in [-0.2, 0) is 0 Å². The molecule has 1 rings (SSSR count). The van der Waals surface area contributed by atoms with Crippen LogP contribution in [0.3, 0.4) is 0 Å². The van der Waals surface area contributed by atoms with Gasteiger partial charge in [-0.25, -0.2) is 8.78 Å². The molecule has 0 fully saturated rings. The fourth-order valence-corrected chi connectivity index (χ4v) is 2.02. The third kappa shape index (κ3) is 3.56. The molecule has 18 heavy (non-hydrogen) atoms. The van der Waals surface area contributed by atoms with Gasteiger partial charge in [-0.3, -0.25) is 4.79 Å². The summed E-state index contributed by atoms with van der Waals surface area (Å²) in [5, 5.41) is 2.41. The van der Waals surface area contributed by atoms with E-state index < -0.39 is 28.6 Å². The first kappa shape index (κ1) is 15.7. The van der Waals surface area contributed by atoms with Crippen molar-refractivity contribution in [2.75, 3.05) is 11.8 Å². The second-order valence-electron chi connectivity index (χ2n) is 4.03. The van der Waals surface area contributed by atoms with Crippen LogP contribution >= 0.6 is 39.1 Å². The molecular weight excluding hydrogens is 351 g/mol. The molecule has 0 saturated carbocycles. The normalized spacial score (nSPS) is 11.4. The van der Waals surface area contributed by atoms with Gasteiger partial charge in [-0.1, -0.05) is 15.9 Å². The highest BCUT2D eigenvalue weighted by molar-refractivity contribution is 9.10. The topological polar surface area (TPSA) is 29.1 Å². The van der Waals surface area contributed by atoms with E-state index in [1.165, 1.54) is 0 Å². The van der Waals surface area contributed by atoms with Gasteiger partial charge in [-0.15, -0.1) is 23.2 Å². The number of amides is 1. The highest BCUT2D eigenvalue weighted by Gasteiger charge is 2.28. The Labute approximate surface area is 122 Å². The lowest BCUT2D eigenvalue weighted by Crippen LogP contribution is -2.49. The highest BCUT2D eigenvalue weighted by Crippen LogP contribution is 2.20. The van der Waals surface area contributed by atoms with Crippen molar-refractivity contribution in [1.82, 2.24) is 5.32 Å². The number of hydrogen-bond donors (Lipinski definition) is 1. The summed E-state index contributed by atoms with van der Waals surface area (Å²) < 4.78 is 27.3. The Bertz CT molecular complexity index is 443. The molecule has 0 saturated heterocycles. The standard InChI is InChI=1S/C11H10BrCl2F2NO/c1-11(4-13,5-14)17-10(18)9-7(15)2-6(12)3-8(9)16/h2-3H,4-5H2,1H3,(H,17,18). The van der Waals surface area contributed by atoms with Crippen LogP contribution in [0.15, 0.2) is 16.6 Å². The third-order valence-corrected chi connectivity index (χ3v) is 3.88. The van der Waals surface area contributed by atoms with E-state index in [4.69, 9.17) is 23.2 Å². The Hall–Kier alpha value is -0.390. The Balaban J connectivity index is 3.05. The van der Waals surface area contributed by atoms with Gasteiger partial charge in [-0.2, -0.15) is 0 Å². The summed E-state index contributed by atoms with van der Waals surface area (Å²) in [6.45, 7) is 1.58. The zero-order valence-corrected chi connectivity index (χ0v) is 12.5. The summed E-state index contributed by atoms with van der Waals surface area (Å²) in [5.74, 6) is -2.73. The molecule has 0 aliphatic heterocycles. The number of benzene rings is 1. The van der Waals surface area contributed by atoms with Gasteiger partial charge >= 0.3 is 0 Å². The van der Waals surface area contributed by atoms with Crippen LogP contribution in [0.1, 0.15) is 17.3 Å². The second kappa shape index (κ2) is 6.17. The van der Waals surface area contributed by atoms with Crippen LogP contribution in [0.25, 0.3) is 0 Å². The van der Waals surface area contributed by atoms with Crippen molar-refractivity contribution in [2.24, 2.45) is 0 Å². The third-order valence-electron chi connectivity index (χ3n) is 2.24. The molecule has 1 aromatic rings. The lowest BCUT2D eigenvalue weighted by molar-refractivity contribution is 0.0912. The summed E-state index contributed by atoms with van der Waals surface area (Å²) in [4.78, 5) is 11.8. The minimum absolute atomic E-state index is 0.0298. The summed E-state index contributed by atoms with van der Waals surface area (Å²) in [5.41, 5.74) is -1.58. The van der Waals surface area contributed by atoms with Crippen molar-refractivity contribution in [1.29, 1.82) is 0 Å². The van der Waals surface area contributed by atoms with E-state index >= 15 is 0 Å². The van der Waals surface area contributed by atoms with Crippen LogP contribution in [-0.4, -0.2) is 23.2 Å². The highest BCUT2D eigenvalue weighted by atomic mass is 79.9. The first-order valence-corrected chi connectivity index (χ1v) is 6.78. The molecule has 1 amide bonds. The Morgan fingerprint density at radius 3 is 2.17 bits per heavy atom. The fraction of sp³-hybridized carbons (Fsp3) is 0.364. The van der Waals surface area contributed by atoms with E-state index in [-0.39, 0.29) is 16.2 Å². The van der Waals surface area contributed by atoms with Crippen LogP contribution in [0.4, 0.5) is 8.78 Å². The maximum Gasteiger partial charge on any atom is 0.257 e. The van der Waals surface area contributed by atoms with Crippen molar-refractivity contribution in [3.63, 3.8) is 0 Å². The Morgan fingerprint density at radius 2 is 1.78 bits per heavy atom. The van der Waals surface area contributed by atoms with Crippen LogP contribution in [0, 0.1) is 11.6 Å². The van der Waals surface area contributed by atoms with Crippen molar-refractivity contribution in [2.45, 2.75) is 12.5 Å². The molecule has 7 heteroatoms. The largest absolute Gasteiger partial charge is 0.344 e. The second-order valence-corrected chi connectivity index (χ2v) is 5.48. The molecule has 0 spiro atoms. The smallest absolute Gasteiger partial charge is 0.257 e. The first-order chi connectivity index (χ1) is 8.33. The molecule has 0 radical (unpaired) electrons. The van der Waals surface area contributed by atoms with Crippen molar-refractivity contribution < 1.29 is 13.6 Å². The molecule has 2 nitrogen and oxygen atoms in total. The molecule has 0 aromatic heterocycles. The van der Waals surface area contributed by atoms with Crippen LogP contribution in [0.2, 0.25) is 0 Å². The van der Waals surface area contributed by atoms with E-state index in [1.54, 1.807) is 6.92 Å².